The van der Waals surface area contributed by atoms with Gasteiger partial charge in [0, 0.05) is 10.9 Å². The average Bonchev–Trinajstić information content (AvgIpc) is 3.18. The molecule has 0 saturated heterocycles. The summed E-state index contributed by atoms with van der Waals surface area (Å²) in [6, 6.07) is 6.66. The topological polar surface area (TPSA) is 66.4 Å². The predicted molar refractivity (Wildman–Crippen MR) is 81.3 cm³/mol. The van der Waals surface area contributed by atoms with E-state index in [1.165, 1.54) is 0 Å². The first-order valence-electron chi connectivity index (χ1n) is 7.17. The van der Waals surface area contributed by atoms with Gasteiger partial charge >= 0.3 is 5.97 Å². The molecule has 0 bridgehead atoms. The van der Waals surface area contributed by atoms with Crippen molar-refractivity contribution in [2.45, 2.75) is 38.6 Å². The van der Waals surface area contributed by atoms with E-state index >= 15 is 0 Å². The molecule has 2 rings (SSSR count). The number of nitrogens with one attached hydrogen (secondary N) is 1. The normalized spacial score (nSPS) is 21.9. The van der Waals surface area contributed by atoms with E-state index in [1.54, 1.807) is 0 Å². The van der Waals surface area contributed by atoms with Crippen LogP contribution in [-0.4, -0.2) is 23.0 Å². The van der Waals surface area contributed by atoms with E-state index < -0.39 is 12.0 Å². The predicted octanol–water partition coefficient (Wildman–Crippen LogP) is 3.06. The molecule has 1 fully saturated rings. The molecular formula is C16H20ClNO3. The third kappa shape index (κ3) is 3.97. The molecule has 21 heavy (non-hydrogen) atoms. The summed E-state index contributed by atoms with van der Waals surface area (Å²) in [5.74, 6) is -1.02. The molecule has 0 aliphatic heterocycles. The summed E-state index contributed by atoms with van der Waals surface area (Å²) in [5.41, 5.74) is 0.968. The van der Waals surface area contributed by atoms with Gasteiger partial charge in [-0.15, -0.1) is 0 Å². The number of halogens is 1. The minimum Gasteiger partial charge on any atom is -0.480 e. The van der Waals surface area contributed by atoms with Crippen LogP contribution in [0.5, 0.6) is 0 Å². The van der Waals surface area contributed by atoms with Gasteiger partial charge in [-0.25, -0.2) is 4.79 Å². The molecule has 2 N–H and O–H groups in total. The van der Waals surface area contributed by atoms with Crippen LogP contribution in [0.4, 0.5) is 0 Å². The lowest BCUT2D eigenvalue weighted by Gasteiger charge is -2.16. The molecule has 5 heteroatoms. The minimum atomic E-state index is -0.980. The molecular weight excluding hydrogens is 290 g/mol. The SMILES string of the molecule is CC(C)C[C@H](NC(=O)C1CC1c1ccccc1Cl)C(=O)O. The van der Waals surface area contributed by atoms with Crippen molar-refractivity contribution in [3.8, 4) is 0 Å². The number of hydrogen-bond donors (Lipinski definition) is 2. The Kier molecular flexibility index (Phi) is 4.88. The van der Waals surface area contributed by atoms with Crippen molar-refractivity contribution < 1.29 is 14.7 Å². The van der Waals surface area contributed by atoms with Crippen LogP contribution in [-0.2, 0) is 9.59 Å². The molecule has 1 saturated carbocycles. The summed E-state index contributed by atoms with van der Waals surface area (Å²) in [4.78, 5) is 23.4. The van der Waals surface area contributed by atoms with Gasteiger partial charge in [-0.2, -0.15) is 0 Å². The van der Waals surface area contributed by atoms with Crippen LogP contribution >= 0.6 is 11.6 Å². The van der Waals surface area contributed by atoms with E-state index in [0.717, 1.165) is 12.0 Å². The van der Waals surface area contributed by atoms with E-state index in [1.807, 2.05) is 38.1 Å². The second kappa shape index (κ2) is 6.48. The molecule has 4 nitrogen and oxygen atoms in total. The molecule has 2 unspecified atom stereocenters. The summed E-state index contributed by atoms with van der Waals surface area (Å²) in [6.45, 7) is 3.87. The maximum absolute atomic E-state index is 12.2. The number of benzene rings is 1. The maximum atomic E-state index is 12.2. The minimum absolute atomic E-state index is 0.104. The van der Waals surface area contributed by atoms with E-state index in [-0.39, 0.29) is 23.7 Å². The van der Waals surface area contributed by atoms with Crippen molar-refractivity contribution in [1.82, 2.24) is 5.32 Å². The van der Waals surface area contributed by atoms with Gasteiger partial charge in [-0.1, -0.05) is 43.6 Å². The molecule has 0 aromatic heterocycles. The van der Waals surface area contributed by atoms with Gasteiger partial charge in [-0.05, 0) is 36.3 Å². The molecule has 1 amide bonds. The lowest BCUT2D eigenvalue weighted by Crippen LogP contribution is -2.42. The summed E-state index contributed by atoms with van der Waals surface area (Å²) >= 11 is 6.13. The van der Waals surface area contributed by atoms with Crippen LogP contribution in [0.15, 0.2) is 24.3 Å². The number of carboxylic acid groups (broad SMARTS) is 1. The molecule has 1 aromatic carbocycles. The second-order valence-electron chi connectivity index (χ2n) is 6.00. The Balaban J connectivity index is 1.96. The van der Waals surface area contributed by atoms with Gasteiger partial charge in [0.25, 0.3) is 0 Å². The van der Waals surface area contributed by atoms with Crippen LogP contribution < -0.4 is 5.32 Å². The number of carbonyl (C=O) groups is 2. The molecule has 0 radical (unpaired) electrons. The van der Waals surface area contributed by atoms with Gasteiger partial charge in [0.1, 0.15) is 6.04 Å². The monoisotopic (exact) mass is 309 g/mol. The fourth-order valence-electron chi connectivity index (χ4n) is 2.58. The Hall–Kier alpha value is -1.55. The van der Waals surface area contributed by atoms with Crippen molar-refractivity contribution in [2.24, 2.45) is 11.8 Å². The largest absolute Gasteiger partial charge is 0.480 e. The van der Waals surface area contributed by atoms with Crippen molar-refractivity contribution in [2.75, 3.05) is 0 Å². The Morgan fingerprint density at radius 2 is 2.05 bits per heavy atom. The Bertz CT molecular complexity index is 544. The third-order valence-corrected chi connectivity index (χ3v) is 4.10. The highest BCUT2D eigenvalue weighted by Crippen LogP contribution is 2.49. The summed E-state index contributed by atoms with van der Waals surface area (Å²) in [6.07, 6.45) is 1.16. The Labute approximate surface area is 129 Å². The van der Waals surface area contributed by atoms with Crippen molar-refractivity contribution >= 4 is 23.5 Å². The standard InChI is InChI=1S/C16H20ClNO3/c1-9(2)7-14(16(20)21)18-15(19)12-8-11(12)10-5-3-4-6-13(10)17/h3-6,9,11-12,14H,7-8H2,1-2H3,(H,18,19)(H,20,21)/t11?,12?,14-/m0/s1. The highest BCUT2D eigenvalue weighted by Gasteiger charge is 2.45. The molecule has 114 valence electrons. The van der Waals surface area contributed by atoms with E-state index in [0.29, 0.717) is 11.4 Å². The zero-order valence-corrected chi connectivity index (χ0v) is 12.9. The maximum Gasteiger partial charge on any atom is 0.326 e. The van der Waals surface area contributed by atoms with Crippen LogP contribution in [0, 0.1) is 11.8 Å². The third-order valence-electron chi connectivity index (χ3n) is 3.75. The number of hydrogen-bond acceptors (Lipinski definition) is 2. The number of carbonyl (C=O) groups excluding carboxylic acids is 1. The van der Waals surface area contributed by atoms with E-state index in [2.05, 4.69) is 5.32 Å². The molecule has 3 atom stereocenters. The quantitative estimate of drug-likeness (QED) is 0.848. The van der Waals surface area contributed by atoms with Crippen molar-refractivity contribution in [1.29, 1.82) is 0 Å². The molecule has 1 aliphatic rings. The fraction of sp³-hybridized carbons (Fsp3) is 0.500. The zero-order chi connectivity index (χ0) is 15.6. The van der Waals surface area contributed by atoms with Gasteiger partial charge in [0.2, 0.25) is 5.91 Å². The lowest BCUT2D eigenvalue weighted by molar-refractivity contribution is -0.142. The second-order valence-corrected chi connectivity index (χ2v) is 6.41. The van der Waals surface area contributed by atoms with Gasteiger partial charge in [0.05, 0.1) is 0 Å². The highest BCUT2D eigenvalue weighted by molar-refractivity contribution is 6.31. The number of amides is 1. The average molecular weight is 310 g/mol. The van der Waals surface area contributed by atoms with Crippen molar-refractivity contribution in [3.63, 3.8) is 0 Å². The highest BCUT2D eigenvalue weighted by atomic mass is 35.5. The first-order chi connectivity index (χ1) is 9.90. The van der Waals surface area contributed by atoms with E-state index in [4.69, 9.17) is 16.7 Å². The summed E-state index contributed by atoms with van der Waals surface area (Å²) in [5, 5.41) is 12.5. The molecule has 1 aliphatic carbocycles. The van der Waals surface area contributed by atoms with Gasteiger partial charge in [-0.3, -0.25) is 4.79 Å². The number of rotatable bonds is 6. The van der Waals surface area contributed by atoms with Crippen LogP contribution in [0.3, 0.4) is 0 Å². The molecule has 0 spiro atoms. The van der Waals surface area contributed by atoms with Gasteiger partial charge < -0.3 is 10.4 Å². The molecule has 0 heterocycles. The summed E-state index contributed by atoms with van der Waals surface area (Å²) in [7, 11) is 0. The summed E-state index contributed by atoms with van der Waals surface area (Å²) < 4.78 is 0. The smallest absolute Gasteiger partial charge is 0.326 e. The molecule has 1 aromatic rings. The van der Waals surface area contributed by atoms with Crippen LogP contribution in [0.2, 0.25) is 5.02 Å². The van der Waals surface area contributed by atoms with Crippen molar-refractivity contribution in [3.05, 3.63) is 34.9 Å². The van der Waals surface area contributed by atoms with Crippen LogP contribution in [0.25, 0.3) is 0 Å². The van der Waals surface area contributed by atoms with Crippen LogP contribution in [0.1, 0.15) is 38.2 Å². The Morgan fingerprint density at radius 1 is 1.38 bits per heavy atom. The number of aliphatic carboxylic acids is 1. The fourth-order valence-corrected chi connectivity index (χ4v) is 2.85. The Morgan fingerprint density at radius 3 is 2.62 bits per heavy atom. The first-order valence-corrected chi connectivity index (χ1v) is 7.55. The zero-order valence-electron chi connectivity index (χ0n) is 12.2. The van der Waals surface area contributed by atoms with E-state index in [9.17, 15) is 9.59 Å². The first kappa shape index (κ1) is 15.8. The van der Waals surface area contributed by atoms with Gasteiger partial charge in [0.15, 0.2) is 0 Å². The lowest BCUT2D eigenvalue weighted by atomic mass is 10.0. The number of carboxylic acids is 1.